The molecule has 3 aromatic heterocycles. The molecule has 0 amide bonds. The van der Waals surface area contributed by atoms with Gasteiger partial charge >= 0.3 is 0 Å². The molecule has 4 aromatic rings. The maximum Gasteiger partial charge on any atom is 0.209 e. The fraction of sp³-hybridized carbons (Fsp3) is 0.0588. The maximum absolute atomic E-state index is 12.2. The van der Waals surface area contributed by atoms with Gasteiger partial charge in [0, 0.05) is 31.1 Å². The van der Waals surface area contributed by atoms with Gasteiger partial charge in [0.2, 0.25) is 5.43 Å². The summed E-state index contributed by atoms with van der Waals surface area (Å²) in [5.41, 5.74) is 11.7. The average Bonchev–Trinajstić information content (AvgIpc) is 3.09. The lowest BCUT2D eigenvalue weighted by atomic mass is 10.1. The molecule has 0 unspecified atom stereocenters. The zero-order valence-electron chi connectivity index (χ0n) is 14.2. The number of aryl methyl sites for hydroxylation is 1. The Labute approximate surface area is 158 Å². The molecule has 136 valence electrons. The summed E-state index contributed by atoms with van der Waals surface area (Å²) in [4.78, 5) is 24.3. The van der Waals surface area contributed by atoms with Crippen molar-refractivity contribution in [2.24, 2.45) is 12.9 Å². The van der Waals surface area contributed by atoms with Crippen molar-refractivity contribution in [3.05, 3.63) is 51.9 Å². The Balaban J connectivity index is 2.08. The fourth-order valence-electron chi connectivity index (χ4n) is 2.78. The van der Waals surface area contributed by atoms with Gasteiger partial charge < -0.3 is 16.1 Å². The minimum Gasteiger partial charge on any atom is -0.396 e. The largest absolute Gasteiger partial charge is 0.396 e. The molecular formula is C17H15ClN8O. The van der Waals surface area contributed by atoms with Crippen molar-refractivity contribution >= 4 is 34.1 Å². The minimum absolute atomic E-state index is 0.211. The van der Waals surface area contributed by atoms with Gasteiger partial charge in [-0.3, -0.25) is 15.3 Å². The Hall–Kier alpha value is -3.43. The van der Waals surface area contributed by atoms with Crippen molar-refractivity contribution in [2.45, 2.75) is 0 Å². The first-order chi connectivity index (χ1) is 13.0. The standard InChI is InChI=1S/C17H15ClN8O/c1-26-5-3-10(25-26)15-14(8-6-9(18)13(19)11(7-8)24-20)22-16-12(27)2-4-21-17(16)23-15/h2-7,24H,19-20H2,1H3,(H,21,23,27). The Morgan fingerprint density at radius 1 is 1.22 bits per heavy atom. The zero-order valence-corrected chi connectivity index (χ0v) is 14.9. The Morgan fingerprint density at radius 3 is 2.74 bits per heavy atom. The van der Waals surface area contributed by atoms with Gasteiger partial charge in [-0.1, -0.05) is 11.6 Å². The molecule has 27 heavy (non-hydrogen) atoms. The van der Waals surface area contributed by atoms with Gasteiger partial charge in [-0.15, -0.1) is 0 Å². The predicted molar refractivity (Wildman–Crippen MR) is 105 cm³/mol. The van der Waals surface area contributed by atoms with Crippen LogP contribution in [-0.4, -0.2) is 24.7 Å². The number of nitrogens with zero attached hydrogens (tertiary/aromatic N) is 4. The van der Waals surface area contributed by atoms with E-state index in [-0.39, 0.29) is 10.9 Å². The number of nitrogens with two attached hydrogens (primary N) is 2. The smallest absolute Gasteiger partial charge is 0.209 e. The second-order valence-corrected chi connectivity index (χ2v) is 6.31. The van der Waals surface area contributed by atoms with Crippen LogP contribution in [0.4, 0.5) is 11.4 Å². The van der Waals surface area contributed by atoms with Crippen LogP contribution in [0.2, 0.25) is 5.02 Å². The summed E-state index contributed by atoms with van der Waals surface area (Å²) in [6.45, 7) is 0. The topological polar surface area (TPSA) is 141 Å². The number of aromatic amines is 1. The summed E-state index contributed by atoms with van der Waals surface area (Å²) in [5.74, 6) is 5.54. The first-order valence-electron chi connectivity index (χ1n) is 7.93. The molecular weight excluding hydrogens is 368 g/mol. The molecule has 10 heteroatoms. The molecule has 0 fully saturated rings. The van der Waals surface area contributed by atoms with Gasteiger partial charge in [0.15, 0.2) is 11.2 Å². The van der Waals surface area contributed by atoms with Crippen molar-refractivity contribution in [3.63, 3.8) is 0 Å². The summed E-state index contributed by atoms with van der Waals surface area (Å²) in [7, 11) is 1.80. The number of pyridine rings is 1. The molecule has 0 aliphatic heterocycles. The number of hydrazine groups is 1. The van der Waals surface area contributed by atoms with Crippen LogP contribution in [0.15, 0.2) is 41.5 Å². The zero-order chi connectivity index (χ0) is 19.1. The molecule has 0 saturated heterocycles. The van der Waals surface area contributed by atoms with E-state index in [0.29, 0.717) is 44.7 Å². The van der Waals surface area contributed by atoms with Crippen LogP contribution in [0.3, 0.4) is 0 Å². The highest BCUT2D eigenvalue weighted by atomic mass is 35.5. The number of anilines is 2. The van der Waals surface area contributed by atoms with E-state index in [9.17, 15) is 4.79 Å². The van der Waals surface area contributed by atoms with Gasteiger partial charge in [-0.25, -0.2) is 9.97 Å². The third-order valence-electron chi connectivity index (χ3n) is 4.10. The summed E-state index contributed by atoms with van der Waals surface area (Å²) in [5, 5.41) is 4.71. The van der Waals surface area contributed by atoms with Crippen molar-refractivity contribution < 1.29 is 0 Å². The van der Waals surface area contributed by atoms with Gasteiger partial charge in [-0.05, 0) is 18.2 Å². The van der Waals surface area contributed by atoms with E-state index in [1.54, 1.807) is 36.1 Å². The molecule has 0 bridgehead atoms. The summed E-state index contributed by atoms with van der Waals surface area (Å²) >= 11 is 6.24. The summed E-state index contributed by atoms with van der Waals surface area (Å²) in [6.07, 6.45) is 3.32. The van der Waals surface area contributed by atoms with E-state index >= 15 is 0 Å². The first-order valence-corrected chi connectivity index (χ1v) is 8.31. The maximum atomic E-state index is 12.2. The molecule has 0 aliphatic rings. The molecule has 3 heterocycles. The number of H-pyrrole nitrogens is 1. The molecule has 4 rings (SSSR count). The lowest BCUT2D eigenvalue weighted by Crippen LogP contribution is -2.10. The average molecular weight is 383 g/mol. The summed E-state index contributed by atoms with van der Waals surface area (Å²) in [6, 6.07) is 6.54. The van der Waals surface area contributed by atoms with Crippen LogP contribution in [-0.2, 0) is 7.05 Å². The number of hydrogen-bond acceptors (Lipinski definition) is 7. The quantitative estimate of drug-likeness (QED) is 0.241. The van der Waals surface area contributed by atoms with Crippen molar-refractivity contribution in [2.75, 3.05) is 11.2 Å². The number of nitrogens with one attached hydrogen (secondary N) is 2. The highest BCUT2D eigenvalue weighted by Gasteiger charge is 2.18. The normalized spacial score (nSPS) is 11.1. The van der Waals surface area contributed by atoms with E-state index in [1.165, 1.54) is 12.3 Å². The number of halogens is 1. The first kappa shape index (κ1) is 17.0. The number of fused-ring (bicyclic) bond motifs is 1. The predicted octanol–water partition coefficient (Wildman–Crippen LogP) is 1.91. The van der Waals surface area contributed by atoms with E-state index in [1.807, 2.05) is 0 Å². The SMILES string of the molecule is Cn1ccc(-c2nc3[nH]ccc(=O)c3nc2-c2cc(Cl)c(N)c(NN)c2)n1. The van der Waals surface area contributed by atoms with Crippen LogP contribution < -0.4 is 22.4 Å². The molecule has 0 spiro atoms. The van der Waals surface area contributed by atoms with Crippen molar-refractivity contribution in [3.8, 4) is 22.6 Å². The van der Waals surface area contributed by atoms with E-state index in [4.69, 9.17) is 23.2 Å². The lowest BCUT2D eigenvalue weighted by molar-refractivity contribution is 0.770. The van der Waals surface area contributed by atoms with Crippen LogP contribution in [0, 0.1) is 0 Å². The van der Waals surface area contributed by atoms with Crippen molar-refractivity contribution in [1.82, 2.24) is 24.7 Å². The highest BCUT2D eigenvalue weighted by Crippen LogP contribution is 2.36. The molecule has 1 aromatic carbocycles. The number of benzene rings is 1. The molecule has 0 aliphatic carbocycles. The number of hydrogen-bond donors (Lipinski definition) is 4. The third-order valence-corrected chi connectivity index (χ3v) is 4.41. The van der Waals surface area contributed by atoms with Gasteiger partial charge in [0.05, 0.1) is 22.1 Å². The Kier molecular flexibility index (Phi) is 4.02. The molecule has 0 saturated carbocycles. The second kappa shape index (κ2) is 6.38. The molecule has 0 radical (unpaired) electrons. The molecule has 0 atom stereocenters. The van der Waals surface area contributed by atoms with Gasteiger partial charge in [-0.2, -0.15) is 5.10 Å². The fourth-order valence-corrected chi connectivity index (χ4v) is 3.00. The van der Waals surface area contributed by atoms with Crippen LogP contribution >= 0.6 is 11.6 Å². The number of nitrogen functional groups attached to an aromatic ring is 2. The Bertz CT molecular complexity index is 1230. The number of aromatic nitrogens is 5. The van der Waals surface area contributed by atoms with E-state index < -0.39 is 0 Å². The highest BCUT2D eigenvalue weighted by molar-refractivity contribution is 6.34. The van der Waals surface area contributed by atoms with Crippen LogP contribution in [0.1, 0.15) is 0 Å². The molecule has 6 N–H and O–H groups in total. The minimum atomic E-state index is -0.246. The van der Waals surface area contributed by atoms with Gasteiger partial charge in [0.25, 0.3) is 0 Å². The lowest BCUT2D eigenvalue weighted by Gasteiger charge is -2.12. The van der Waals surface area contributed by atoms with Gasteiger partial charge in [0.1, 0.15) is 11.4 Å². The van der Waals surface area contributed by atoms with E-state index in [2.05, 4.69) is 25.5 Å². The third kappa shape index (κ3) is 2.88. The number of rotatable bonds is 3. The Morgan fingerprint density at radius 2 is 2.04 bits per heavy atom. The van der Waals surface area contributed by atoms with Crippen molar-refractivity contribution in [1.29, 1.82) is 0 Å². The monoisotopic (exact) mass is 382 g/mol. The van der Waals surface area contributed by atoms with E-state index in [0.717, 1.165) is 0 Å². The second-order valence-electron chi connectivity index (χ2n) is 5.90. The summed E-state index contributed by atoms with van der Waals surface area (Å²) < 4.78 is 1.65. The molecule has 9 nitrogen and oxygen atoms in total. The van der Waals surface area contributed by atoms with Crippen LogP contribution in [0.5, 0.6) is 0 Å². The van der Waals surface area contributed by atoms with Crippen LogP contribution in [0.25, 0.3) is 33.8 Å².